The van der Waals surface area contributed by atoms with Crippen LogP contribution in [0.1, 0.15) is 5.56 Å². The monoisotopic (exact) mass is 272 g/mol. The largest absolute Gasteiger partial charge is 0.378 e. The lowest BCUT2D eigenvalue weighted by Crippen LogP contribution is -2.36. The van der Waals surface area contributed by atoms with Gasteiger partial charge in [0.15, 0.2) is 0 Å². The number of hydrogen-bond donors (Lipinski definition) is 2. The molecule has 0 spiro atoms. The average molecular weight is 272 g/mol. The van der Waals surface area contributed by atoms with Crippen molar-refractivity contribution >= 4 is 16.0 Å². The van der Waals surface area contributed by atoms with Crippen molar-refractivity contribution < 1.29 is 13.2 Å². The molecule has 18 heavy (non-hydrogen) atoms. The van der Waals surface area contributed by atoms with Gasteiger partial charge in [0.2, 0.25) is 0 Å². The Balaban J connectivity index is 1.96. The summed E-state index contributed by atoms with van der Waals surface area (Å²) in [4.78, 5) is 6.42. The average Bonchev–Trinajstić information content (AvgIpc) is 2.37. The second-order valence-corrected chi connectivity index (χ2v) is 5.37. The van der Waals surface area contributed by atoms with Gasteiger partial charge in [0.25, 0.3) is 10.2 Å². The number of nitrogens with zero attached hydrogens (tertiary/aromatic N) is 2. The second-order valence-electron chi connectivity index (χ2n) is 3.99. The number of nitrogens with two attached hydrogens (primary N) is 1. The van der Waals surface area contributed by atoms with E-state index in [-0.39, 0.29) is 6.54 Å². The van der Waals surface area contributed by atoms with Crippen LogP contribution in [0.25, 0.3) is 0 Å². The van der Waals surface area contributed by atoms with Crippen LogP contribution in [-0.2, 0) is 21.5 Å². The van der Waals surface area contributed by atoms with E-state index >= 15 is 0 Å². The van der Waals surface area contributed by atoms with Crippen molar-refractivity contribution in [2.45, 2.75) is 6.54 Å². The van der Waals surface area contributed by atoms with Crippen molar-refractivity contribution in [2.24, 2.45) is 5.14 Å². The molecule has 0 aliphatic carbocycles. The first kappa shape index (κ1) is 13.2. The van der Waals surface area contributed by atoms with Crippen LogP contribution in [0.2, 0.25) is 0 Å². The van der Waals surface area contributed by atoms with Crippen molar-refractivity contribution in [3.8, 4) is 0 Å². The summed E-state index contributed by atoms with van der Waals surface area (Å²) in [6, 6.07) is 3.70. The molecule has 100 valence electrons. The molecule has 2 rings (SSSR count). The Morgan fingerprint density at radius 1 is 1.39 bits per heavy atom. The number of aromatic nitrogens is 1. The minimum Gasteiger partial charge on any atom is -0.378 e. The van der Waals surface area contributed by atoms with Crippen LogP contribution in [0.4, 0.5) is 5.82 Å². The van der Waals surface area contributed by atoms with Crippen LogP contribution in [0.5, 0.6) is 0 Å². The summed E-state index contributed by atoms with van der Waals surface area (Å²) >= 11 is 0. The molecule has 1 saturated heterocycles. The number of hydrogen-bond acceptors (Lipinski definition) is 5. The van der Waals surface area contributed by atoms with Crippen molar-refractivity contribution in [1.82, 2.24) is 9.71 Å². The highest BCUT2D eigenvalue weighted by molar-refractivity contribution is 7.87. The maximum atomic E-state index is 10.7. The maximum Gasteiger partial charge on any atom is 0.274 e. The van der Waals surface area contributed by atoms with Crippen LogP contribution in [0.3, 0.4) is 0 Å². The van der Waals surface area contributed by atoms with Crippen molar-refractivity contribution in [3.63, 3.8) is 0 Å². The summed E-state index contributed by atoms with van der Waals surface area (Å²) < 4.78 is 29.0. The van der Waals surface area contributed by atoms with Gasteiger partial charge in [0.1, 0.15) is 5.82 Å². The van der Waals surface area contributed by atoms with E-state index < -0.39 is 10.2 Å². The number of pyridine rings is 1. The van der Waals surface area contributed by atoms with E-state index in [9.17, 15) is 8.42 Å². The Hall–Kier alpha value is -1.22. The van der Waals surface area contributed by atoms with E-state index in [0.717, 1.165) is 24.5 Å². The molecule has 0 radical (unpaired) electrons. The lowest BCUT2D eigenvalue weighted by atomic mass is 10.3. The summed E-state index contributed by atoms with van der Waals surface area (Å²) in [5.74, 6) is 0.873. The van der Waals surface area contributed by atoms with Gasteiger partial charge in [0, 0.05) is 25.8 Å². The molecule has 0 amide bonds. The van der Waals surface area contributed by atoms with Crippen molar-refractivity contribution in [3.05, 3.63) is 23.9 Å². The SMILES string of the molecule is NS(=O)(=O)NCc1ccc(N2CCOCC2)nc1. The molecule has 1 fully saturated rings. The highest BCUT2D eigenvalue weighted by Crippen LogP contribution is 2.12. The second kappa shape index (κ2) is 5.61. The van der Waals surface area contributed by atoms with Gasteiger partial charge in [-0.05, 0) is 11.6 Å². The molecule has 0 atom stereocenters. The summed E-state index contributed by atoms with van der Waals surface area (Å²) in [7, 11) is -3.66. The third-order valence-electron chi connectivity index (χ3n) is 2.62. The first-order valence-electron chi connectivity index (χ1n) is 5.59. The first-order valence-corrected chi connectivity index (χ1v) is 7.14. The van der Waals surface area contributed by atoms with Crippen molar-refractivity contribution in [1.29, 1.82) is 0 Å². The number of rotatable bonds is 4. The van der Waals surface area contributed by atoms with Crippen LogP contribution < -0.4 is 14.8 Å². The third kappa shape index (κ3) is 3.91. The molecular weight excluding hydrogens is 256 g/mol. The van der Waals surface area contributed by atoms with Gasteiger partial charge < -0.3 is 9.64 Å². The molecule has 1 aliphatic rings. The molecule has 0 aromatic carbocycles. The fourth-order valence-corrected chi connectivity index (χ4v) is 2.05. The molecule has 0 bridgehead atoms. The zero-order valence-electron chi connectivity index (χ0n) is 9.87. The Bertz CT molecular complexity index is 482. The van der Waals surface area contributed by atoms with Crippen LogP contribution >= 0.6 is 0 Å². The quantitative estimate of drug-likeness (QED) is 0.748. The molecule has 1 aromatic rings. The van der Waals surface area contributed by atoms with Crippen LogP contribution in [-0.4, -0.2) is 39.7 Å². The van der Waals surface area contributed by atoms with E-state index in [1.165, 1.54) is 0 Å². The van der Waals surface area contributed by atoms with Gasteiger partial charge in [0.05, 0.1) is 13.2 Å². The lowest BCUT2D eigenvalue weighted by Gasteiger charge is -2.27. The number of nitrogens with one attached hydrogen (secondary N) is 1. The Labute approximate surface area is 106 Å². The number of anilines is 1. The number of ether oxygens (including phenoxy) is 1. The standard InChI is InChI=1S/C10H16N4O3S/c11-18(15,16)13-8-9-1-2-10(12-7-9)14-3-5-17-6-4-14/h1-2,7,13H,3-6,8H2,(H2,11,15,16). The molecule has 1 aliphatic heterocycles. The fourth-order valence-electron chi connectivity index (χ4n) is 1.68. The molecule has 3 N–H and O–H groups in total. The Morgan fingerprint density at radius 3 is 2.67 bits per heavy atom. The lowest BCUT2D eigenvalue weighted by molar-refractivity contribution is 0.122. The molecule has 7 nitrogen and oxygen atoms in total. The molecule has 2 heterocycles. The highest BCUT2D eigenvalue weighted by atomic mass is 32.2. The molecule has 0 saturated carbocycles. The van der Waals surface area contributed by atoms with E-state index in [4.69, 9.17) is 9.88 Å². The predicted molar refractivity (Wildman–Crippen MR) is 67.2 cm³/mol. The first-order chi connectivity index (χ1) is 8.54. The van der Waals surface area contributed by atoms with E-state index in [1.54, 1.807) is 6.20 Å². The minimum atomic E-state index is -3.66. The number of morpholine rings is 1. The maximum absolute atomic E-state index is 10.7. The van der Waals surface area contributed by atoms with Gasteiger partial charge in [-0.25, -0.2) is 10.1 Å². The van der Waals surface area contributed by atoms with E-state index in [1.807, 2.05) is 12.1 Å². The smallest absolute Gasteiger partial charge is 0.274 e. The molecular formula is C10H16N4O3S. The van der Waals surface area contributed by atoms with Crippen LogP contribution in [0.15, 0.2) is 18.3 Å². The fraction of sp³-hybridized carbons (Fsp3) is 0.500. The molecule has 1 aromatic heterocycles. The van der Waals surface area contributed by atoms with Gasteiger partial charge in [-0.1, -0.05) is 6.07 Å². The molecule has 0 unspecified atom stereocenters. The Kier molecular flexibility index (Phi) is 4.12. The van der Waals surface area contributed by atoms with E-state index in [0.29, 0.717) is 13.2 Å². The van der Waals surface area contributed by atoms with E-state index in [2.05, 4.69) is 14.6 Å². The zero-order valence-corrected chi connectivity index (χ0v) is 10.7. The normalized spacial score (nSPS) is 16.8. The van der Waals surface area contributed by atoms with Gasteiger partial charge in [-0.15, -0.1) is 0 Å². The summed E-state index contributed by atoms with van der Waals surface area (Å²) in [5.41, 5.74) is 0.765. The predicted octanol–water partition coefficient (Wildman–Crippen LogP) is -0.789. The van der Waals surface area contributed by atoms with Crippen LogP contribution in [0, 0.1) is 0 Å². The zero-order chi connectivity index (χ0) is 13.0. The Morgan fingerprint density at radius 2 is 2.11 bits per heavy atom. The topological polar surface area (TPSA) is 97.5 Å². The highest BCUT2D eigenvalue weighted by Gasteiger charge is 2.12. The van der Waals surface area contributed by atoms with Crippen molar-refractivity contribution in [2.75, 3.05) is 31.2 Å². The minimum absolute atomic E-state index is 0.148. The van der Waals surface area contributed by atoms with Gasteiger partial charge in [-0.2, -0.15) is 13.1 Å². The summed E-state index contributed by atoms with van der Waals surface area (Å²) in [6.45, 7) is 3.20. The summed E-state index contributed by atoms with van der Waals surface area (Å²) in [6.07, 6.45) is 1.64. The van der Waals surface area contributed by atoms with Gasteiger partial charge >= 0.3 is 0 Å². The molecule has 8 heteroatoms. The van der Waals surface area contributed by atoms with Gasteiger partial charge in [-0.3, -0.25) is 0 Å². The third-order valence-corrected chi connectivity index (χ3v) is 3.17. The summed E-state index contributed by atoms with van der Waals surface area (Å²) in [5, 5.41) is 4.85.